The molecule has 0 aliphatic heterocycles. The maximum atomic E-state index is 4.78. The Morgan fingerprint density at radius 2 is 1.85 bits per heavy atom. The van der Waals surface area contributed by atoms with E-state index in [4.69, 9.17) is 4.98 Å². The number of fused-ring (bicyclic) bond motifs is 1. The molecule has 1 N–H and O–H groups in total. The molecular formula is C16H25N3S. The highest BCUT2D eigenvalue weighted by Crippen LogP contribution is 2.34. The minimum absolute atomic E-state index is 0.0998. The average Bonchev–Trinajstić information content (AvgIpc) is 2.60. The van der Waals surface area contributed by atoms with Gasteiger partial charge in [0.15, 0.2) is 0 Å². The van der Waals surface area contributed by atoms with Crippen molar-refractivity contribution in [3.05, 3.63) is 30.1 Å². The van der Waals surface area contributed by atoms with Gasteiger partial charge in [0.1, 0.15) is 10.7 Å². The molecule has 0 unspecified atom stereocenters. The molecule has 0 atom stereocenters. The van der Waals surface area contributed by atoms with E-state index < -0.39 is 0 Å². The molecule has 0 aliphatic carbocycles. The molecule has 0 spiro atoms. The van der Waals surface area contributed by atoms with Crippen molar-refractivity contribution in [1.82, 2.24) is 14.7 Å². The van der Waals surface area contributed by atoms with E-state index in [0.717, 1.165) is 17.2 Å². The Bertz CT molecular complexity index is 588. The summed E-state index contributed by atoms with van der Waals surface area (Å²) in [5, 5.41) is 4.69. The van der Waals surface area contributed by atoms with E-state index in [2.05, 4.69) is 69.6 Å². The summed E-state index contributed by atoms with van der Waals surface area (Å²) in [6, 6.07) is 6.16. The van der Waals surface area contributed by atoms with E-state index in [1.54, 1.807) is 0 Å². The summed E-state index contributed by atoms with van der Waals surface area (Å²) < 4.78 is 2.35. The van der Waals surface area contributed by atoms with E-state index >= 15 is 0 Å². The van der Waals surface area contributed by atoms with Gasteiger partial charge in [-0.3, -0.25) is 0 Å². The van der Waals surface area contributed by atoms with Crippen molar-refractivity contribution in [3.8, 4) is 0 Å². The first-order valence-corrected chi connectivity index (χ1v) is 7.87. The van der Waals surface area contributed by atoms with E-state index in [-0.39, 0.29) is 10.3 Å². The lowest BCUT2D eigenvalue weighted by molar-refractivity contribution is 0.418. The topological polar surface area (TPSA) is 29.3 Å². The summed E-state index contributed by atoms with van der Waals surface area (Å²) in [5.74, 6) is 0. The third kappa shape index (κ3) is 4.00. The van der Waals surface area contributed by atoms with Crippen LogP contribution >= 0.6 is 11.8 Å². The van der Waals surface area contributed by atoms with Crippen LogP contribution in [0, 0.1) is 0 Å². The SMILES string of the molecule is CC(C)(C)NCc1c(SC(C)(C)C)nc2ccccn12. The second kappa shape index (κ2) is 5.41. The van der Waals surface area contributed by atoms with Gasteiger partial charge in [0, 0.05) is 23.0 Å². The van der Waals surface area contributed by atoms with Gasteiger partial charge in [-0.25, -0.2) is 4.98 Å². The first kappa shape index (κ1) is 15.4. The predicted molar refractivity (Wildman–Crippen MR) is 87.4 cm³/mol. The molecule has 2 heterocycles. The van der Waals surface area contributed by atoms with E-state index in [9.17, 15) is 0 Å². The molecule has 3 nitrogen and oxygen atoms in total. The third-order valence-corrected chi connectivity index (χ3v) is 3.91. The number of nitrogens with one attached hydrogen (secondary N) is 1. The normalized spacial score (nSPS) is 13.1. The number of rotatable bonds is 3. The first-order valence-electron chi connectivity index (χ1n) is 7.06. The lowest BCUT2D eigenvalue weighted by Crippen LogP contribution is -2.35. The van der Waals surface area contributed by atoms with Crippen molar-refractivity contribution in [1.29, 1.82) is 0 Å². The predicted octanol–water partition coefficient (Wildman–Crippen LogP) is 4.11. The Labute approximate surface area is 126 Å². The lowest BCUT2D eigenvalue weighted by Gasteiger charge is -2.22. The highest BCUT2D eigenvalue weighted by atomic mass is 32.2. The summed E-state index contributed by atoms with van der Waals surface area (Å²) >= 11 is 1.83. The number of imidazole rings is 1. The molecule has 0 saturated heterocycles. The summed E-state index contributed by atoms with van der Waals surface area (Å²) in [7, 11) is 0. The van der Waals surface area contributed by atoms with Crippen LogP contribution in [0.15, 0.2) is 29.4 Å². The molecule has 0 radical (unpaired) electrons. The van der Waals surface area contributed by atoms with Crippen LogP contribution in [0.3, 0.4) is 0 Å². The minimum Gasteiger partial charge on any atom is -0.306 e. The Morgan fingerprint density at radius 1 is 1.15 bits per heavy atom. The maximum Gasteiger partial charge on any atom is 0.138 e. The fourth-order valence-corrected chi connectivity index (χ4v) is 2.91. The molecule has 2 aromatic heterocycles. The number of nitrogens with zero attached hydrogens (tertiary/aromatic N) is 2. The van der Waals surface area contributed by atoms with Crippen LogP contribution in [-0.4, -0.2) is 19.7 Å². The van der Waals surface area contributed by atoms with Crippen LogP contribution in [-0.2, 0) is 6.54 Å². The van der Waals surface area contributed by atoms with Crippen LogP contribution in [0.1, 0.15) is 47.2 Å². The standard InChI is InChI=1S/C16H25N3S/c1-15(2,3)17-11-12-14(20-16(4,5)6)18-13-9-7-8-10-19(12)13/h7-10,17H,11H2,1-6H3. The number of thioether (sulfide) groups is 1. The molecule has 20 heavy (non-hydrogen) atoms. The Kier molecular flexibility index (Phi) is 4.17. The van der Waals surface area contributed by atoms with E-state index in [1.165, 1.54) is 5.69 Å². The van der Waals surface area contributed by atoms with Gasteiger partial charge in [0.2, 0.25) is 0 Å². The Morgan fingerprint density at radius 3 is 2.45 bits per heavy atom. The van der Waals surface area contributed by atoms with Crippen molar-refractivity contribution in [2.75, 3.05) is 0 Å². The largest absolute Gasteiger partial charge is 0.306 e. The molecule has 0 aliphatic rings. The molecule has 0 amide bonds. The second-order valence-corrected chi connectivity index (χ2v) is 8.93. The Hall–Kier alpha value is -1.00. The Balaban J connectivity index is 2.39. The summed E-state index contributed by atoms with van der Waals surface area (Å²) in [6.07, 6.45) is 2.09. The molecule has 4 heteroatoms. The van der Waals surface area contributed by atoms with Crippen LogP contribution in [0.4, 0.5) is 0 Å². The number of aromatic nitrogens is 2. The van der Waals surface area contributed by atoms with Crippen LogP contribution in [0.5, 0.6) is 0 Å². The molecule has 0 bridgehead atoms. The first-order chi connectivity index (χ1) is 9.16. The molecule has 110 valence electrons. The fraction of sp³-hybridized carbons (Fsp3) is 0.562. The monoisotopic (exact) mass is 291 g/mol. The zero-order chi connectivity index (χ0) is 15.0. The van der Waals surface area contributed by atoms with Crippen molar-refractivity contribution < 1.29 is 0 Å². The average molecular weight is 291 g/mol. The van der Waals surface area contributed by atoms with E-state index in [0.29, 0.717) is 0 Å². The quantitative estimate of drug-likeness (QED) is 0.863. The van der Waals surface area contributed by atoms with Gasteiger partial charge < -0.3 is 9.72 Å². The number of hydrogen-bond donors (Lipinski definition) is 1. The number of pyridine rings is 1. The van der Waals surface area contributed by atoms with Crippen molar-refractivity contribution >= 4 is 17.4 Å². The zero-order valence-electron chi connectivity index (χ0n) is 13.3. The maximum absolute atomic E-state index is 4.78. The second-order valence-electron chi connectivity index (χ2n) is 7.11. The highest BCUT2D eigenvalue weighted by Gasteiger charge is 2.20. The van der Waals surface area contributed by atoms with Crippen LogP contribution < -0.4 is 5.32 Å². The van der Waals surface area contributed by atoms with Crippen molar-refractivity contribution in [2.45, 2.75) is 63.4 Å². The molecule has 2 aromatic rings. The van der Waals surface area contributed by atoms with Gasteiger partial charge >= 0.3 is 0 Å². The van der Waals surface area contributed by atoms with Gasteiger partial charge in [-0.2, -0.15) is 0 Å². The molecule has 0 saturated carbocycles. The smallest absolute Gasteiger partial charge is 0.138 e. The molecule has 0 aromatic carbocycles. The highest BCUT2D eigenvalue weighted by molar-refractivity contribution is 8.00. The van der Waals surface area contributed by atoms with Crippen LogP contribution in [0.2, 0.25) is 0 Å². The minimum atomic E-state index is 0.0998. The van der Waals surface area contributed by atoms with Gasteiger partial charge in [0.05, 0.1) is 5.69 Å². The third-order valence-electron chi connectivity index (χ3n) is 2.78. The van der Waals surface area contributed by atoms with E-state index in [1.807, 2.05) is 17.8 Å². The van der Waals surface area contributed by atoms with Crippen molar-refractivity contribution in [3.63, 3.8) is 0 Å². The lowest BCUT2D eigenvalue weighted by atomic mass is 10.1. The molecule has 2 rings (SSSR count). The summed E-state index contributed by atoms with van der Waals surface area (Å²) in [6.45, 7) is 14.1. The molecular weight excluding hydrogens is 266 g/mol. The summed E-state index contributed by atoms with van der Waals surface area (Å²) in [4.78, 5) is 4.78. The van der Waals surface area contributed by atoms with Gasteiger partial charge in [-0.15, -0.1) is 0 Å². The van der Waals surface area contributed by atoms with Gasteiger partial charge in [-0.05, 0) is 32.9 Å². The van der Waals surface area contributed by atoms with Gasteiger partial charge in [-0.1, -0.05) is 38.6 Å². The van der Waals surface area contributed by atoms with Crippen molar-refractivity contribution in [2.24, 2.45) is 0 Å². The zero-order valence-corrected chi connectivity index (χ0v) is 14.1. The van der Waals surface area contributed by atoms with Gasteiger partial charge in [0.25, 0.3) is 0 Å². The molecule has 0 fully saturated rings. The summed E-state index contributed by atoms with van der Waals surface area (Å²) in [5.41, 5.74) is 2.36. The number of hydrogen-bond acceptors (Lipinski definition) is 3. The fourth-order valence-electron chi connectivity index (χ4n) is 1.91. The van der Waals surface area contributed by atoms with Crippen LogP contribution in [0.25, 0.3) is 5.65 Å².